The maximum absolute atomic E-state index is 12.7. The van der Waals surface area contributed by atoms with Crippen LogP contribution in [-0.4, -0.2) is 72.5 Å². The average Bonchev–Trinajstić information content (AvgIpc) is 3.10. The number of aryl methyl sites for hydroxylation is 1. The quantitative estimate of drug-likeness (QED) is 0.796. The van der Waals surface area contributed by atoms with Gasteiger partial charge in [-0.3, -0.25) is 9.69 Å². The average molecular weight is 341 g/mol. The van der Waals surface area contributed by atoms with E-state index < -0.39 is 9.84 Å². The Hall–Kier alpha value is -1.41. The van der Waals surface area contributed by atoms with Crippen molar-refractivity contribution in [3.05, 3.63) is 17.5 Å². The molecule has 1 amide bonds. The summed E-state index contributed by atoms with van der Waals surface area (Å²) in [5.41, 5.74) is 0.730. The van der Waals surface area contributed by atoms with E-state index in [2.05, 4.69) is 17.0 Å². The number of aromatic nitrogens is 1. The fourth-order valence-electron chi connectivity index (χ4n) is 3.56. The Morgan fingerprint density at radius 1 is 1.30 bits per heavy atom. The molecule has 0 spiro atoms. The van der Waals surface area contributed by atoms with Crippen LogP contribution in [0.4, 0.5) is 0 Å². The van der Waals surface area contributed by atoms with Crippen LogP contribution < -0.4 is 0 Å². The van der Waals surface area contributed by atoms with E-state index in [0.29, 0.717) is 19.5 Å². The van der Waals surface area contributed by atoms with Crippen LogP contribution in [-0.2, 0) is 16.3 Å². The predicted molar refractivity (Wildman–Crippen MR) is 85.0 cm³/mol. The minimum atomic E-state index is -3.11. The highest BCUT2D eigenvalue weighted by Crippen LogP contribution is 2.28. The topological polar surface area (TPSA) is 83.7 Å². The van der Waals surface area contributed by atoms with Gasteiger partial charge in [0.1, 0.15) is 0 Å². The number of rotatable bonds is 4. The summed E-state index contributed by atoms with van der Waals surface area (Å²) in [6, 6.07) is 1.26. The molecule has 0 saturated carbocycles. The SMILES string of the molecule is CCCN1CCN(C(=O)c2cc(CC)no2)[C@@H]2CS(=O)(=O)C[C@@H]21. The van der Waals surface area contributed by atoms with Crippen LogP contribution in [0, 0.1) is 0 Å². The largest absolute Gasteiger partial charge is 0.351 e. The van der Waals surface area contributed by atoms with E-state index in [0.717, 1.165) is 18.7 Å². The molecule has 3 rings (SSSR count). The summed E-state index contributed by atoms with van der Waals surface area (Å²) >= 11 is 0. The van der Waals surface area contributed by atoms with Gasteiger partial charge in [0.25, 0.3) is 5.91 Å². The van der Waals surface area contributed by atoms with Crippen molar-refractivity contribution in [2.45, 2.75) is 38.8 Å². The predicted octanol–water partition coefficient (Wildman–Crippen LogP) is 0.570. The lowest BCUT2D eigenvalue weighted by molar-refractivity contribution is 0.0302. The zero-order chi connectivity index (χ0) is 16.6. The Morgan fingerprint density at radius 3 is 2.70 bits per heavy atom. The summed E-state index contributed by atoms with van der Waals surface area (Å²) < 4.78 is 29.3. The third kappa shape index (κ3) is 3.14. The molecule has 8 heteroatoms. The Balaban J connectivity index is 1.84. The molecule has 2 fully saturated rings. The molecular weight excluding hydrogens is 318 g/mol. The molecule has 3 heterocycles. The summed E-state index contributed by atoms with van der Waals surface area (Å²) in [5.74, 6) is 0.130. The Bertz CT molecular complexity index is 685. The van der Waals surface area contributed by atoms with Gasteiger partial charge in [0, 0.05) is 25.2 Å². The molecule has 1 aromatic rings. The van der Waals surface area contributed by atoms with Gasteiger partial charge >= 0.3 is 0 Å². The van der Waals surface area contributed by atoms with Gasteiger partial charge in [-0.15, -0.1) is 0 Å². The molecule has 0 radical (unpaired) electrons. The summed E-state index contributed by atoms with van der Waals surface area (Å²) in [6.07, 6.45) is 1.67. The third-order valence-corrected chi connectivity index (χ3v) is 6.39. The molecule has 0 bridgehead atoms. The van der Waals surface area contributed by atoms with E-state index in [4.69, 9.17) is 4.52 Å². The van der Waals surface area contributed by atoms with Gasteiger partial charge in [0.05, 0.1) is 23.2 Å². The minimum absolute atomic E-state index is 0.0401. The lowest BCUT2D eigenvalue weighted by Gasteiger charge is -2.43. The van der Waals surface area contributed by atoms with Crippen molar-refractivity contribution in [2.24, 2.45) is 0 Å². The Morgan fingerprint density at radius 2 is 2.04 bits per heavy atom. The Labute approximate surface area is 136 Å². The van der Waals surface area contributed by atoms with Gasteiger partial charge in [-0.1, -0.05) is 19.0 Å². The molecule has 0 N–H and O–H groups in total. The van der Waals surface area contributed by atoms with Gasteiger partial charge in [0.2, 0.25) is 5.76 Å². The van der Waals surface area contributed by atoms with Gasteiger partial charge in [-0.25, -0.2) is 8.42 Å². The molecule has 1 aromatic heterocycles. The van der Waals surface area contributed by atoms with Crippen molar-refractivity contribution in [3.63, 3.8) is 0 Å². The maximum Gasteiger partial charge on any atom is 0.292 e. The van der Waals surface area contributed by atoms with Crippen molar-refractivity contribution in [1.29, 1.82) is 0 Å². The van der Waals surface area contributed by atoms with E-state index >= 15 is 0 Å². The van der Waals surface area contributed by atoms with Gasteiger partial charge in [-0.05, 0) is 19.4 Å². The van der Waals surface area contributed by atoms with Crippen LogP contribution in [0.3, 0.4) is 0 Å². The summed E-state index contributed by atoms with van der Waals surface area (Å²) in [5, 5.41) is 3.86. The summed E-state index contributed by atoms with van der Waals surface area (Å²) in [4.78, 5) is 16.6. The van der Waals surface area contributed by atoms with E-state index in [-0.39, 0.29) is 35.3 Å². The number of hydrogen-bond acceptors (Lipinski definition) is 6. The first-order valence-corrected chi connectivity index (χ1v) is 9.98. The van der Waals surface area contributed by atoms with Crippen molar-refractivity contribution in [2.75, 3.05) is 31.1 Å². The highest BCUT2D eigenvalue weighted by molar-refractivity contribution is 7.91. The molecular formula is C15H23N3O4S. The van der Waals surface area contributed by atoms with Crippen molar-refractivity contribution >= 4 is 15.7 Å². The second-order valence-corrected chi connectivity index (χ2v) is 8.44. The van der Waals surface area contributed by atoms with Crippen molar-refractivity contribution < 1.29 is 17.7 Å². The number of sulfone groups is 1. The van der Waals surface area contributed by atoms with E-state index in [1.54, 1.807) is 11.0 Å². The number of nitrogens with zero attached hydrogens (tertiary/aromatic N) is 3. The second-order valence-electron chi connectivity index (χ2n) is 6.28. The fraction of sp³-hybridized carbons (Fsp3) is 0.733. The number of fused-ring (bicyclic) bond motifs is 1. The summed E-state index contributed by atoms with van der Waals surface area (Å²) in [6.45, 7) is 6.11. The molecule has 23 heavy (non-hydrogen) atoms. The fourth-order valence-corrected chi connectivity index (χ4v) is 5.57. The van der Waals surface area contributed by atoms with Gasteiger partial charge < -0.3 is 9.42 Å². The maximum atomic E-state index is 12.7. The number of hydrogen-bond donors (Lipinski definition) is 0. The molecule has 0 unspecified atom stereocenters. The highest BCUT2D eigenvalue weighted by Gasteiger charge is 2.48. The number of amides is 1. The zero-order valence-electron chi connectivity index (χ0n) is 13.6. The molecule has 7 nitrogen and oxygen atoms in total. The molecule has 2 aliphatic rings. The molecule has 2 aliphatic heterocycles. The number of piperazine rings is 1. The van der Waals surface area contributed by atoms with Crippen LogP contribution in [0.2, 0.25) is 0 Å². The normalized spacial score (nSPS) is 27.1. The van der Waals surface area contributed by atoms with Crippen LogP contribution in [0.5, 0.6) is 0 Å². The van der Waals surface area contributed by atoms with Gasteiger partial charge in [-0.2, -0.15) is 0 Å². The first-order chi connectivity index (χ1) is 10.9. The van der Waals surface area contributed by atoms with Crippen LogP contribution in [0.15, 0.2) is 10.6 Å². The smallest absolute Gasteiger partial charge is 0.292 e. The standard InChI is InChI=1S/C15H23N3O4S/c1-3-5-17-6-7-18(13-10-23(20,21)9-12(13)17)15(19)14-8-11(4-2)16-22-14/h8,12-13H,3-7,9-10H2,1-2H3/t12-,13+/m0/s1. The minimum Gasteiger partial charge on any atom is -0.351 e. The first kappa shape index (κ1) is 16.4. The molecule has 0 aliphatic carbocycles. The zero-order valence-corrected chi connectivity index (χ0v) is 14.4. The second kappa shape index (κ2) is 6.24. The van der Waals surface area contributed by atoms with E-state index in [1.165, 1.54) is 0 Å². The summed E-state index contributed by atoms with van der Waals surface area (Å²) in [7, 11) is -3.11. The number of carbonyl (C=O) groups excluding carboxylic acids is 1. The lowest BCUT2D eigenvalue weighted by Crippen LogP contribution is -2.60. The van der Waals surface area contributed by atoms with E-state index in [9.17, 15) is 13.2 Å². The van der Waals surface area contributed by atoms with Crippen LogP contribution in [0.1, 0.15) is 36.5 Å². The number of carbonyl (C=O) groups is 1. The Kier molecular flexibility index (Phi) is 4.46. The molecule has 2 saturated heterocycles. The lowest BCUT2D eigenvalue weighted by atomic mass is 10.0. The van der Waals surface area contributed by atoms with E-state index in [1.807, 2.05) is 6.92 Å². The monoisotopic (exact) mass is 341 g/mol. The first-order valence-electron chi connectivity index (χ1n) is 8.16. The van der Waals surface area contributed by atoms with Gasteiger partial charge in [0.15, 0.2) is 9.84 Å². The van der Waals surface area contributed by atoms with Crippen molar-refractivity contribution in [1.82, 2.24) is 15.0 Å². The highest BCUT2D eigenvalue weighted by atomic mass is 32.2. The van der Waals surface area contributed by atoms with Crippen molar-refractivity contribution in [3.8, 4) is 0 Å². The molecule has 2 atom stereocenters. The van der Waals surface area contributed by atoms with Crippen LogP contribution >= 0.6 is 0 Å². The molecule has 128 valence electrons. The molecule has 0 aromatic carbocycles. The van der Waals surface area contributed by atoms with Crippen LogP contribution in [0.25, 0.3) is 0 Å². The third-order valence-electron chi connectivity index (χ3n) is 4.69.